The van der Waals surface area contributed by atoms with Gasteiger partial charge in [0.15, 0.2) is 0 Å². The van der Waals surface area contributed by atoms with E-state index in [4.69, 9.17) is 0 Å². The monoisotopic (exact) mass is 524 g/mol. The molecule has 0 aliphatic carbocycles. The summed E-state index contributed by atoms with van der Waals surface area (Å²) >= 11 is 0. The maximum Gasteiger partial charge on any atom is 0.276 e. The molecule has 0 N–H and O–H groups in total. The van der Waals surface area contributed by atoms with Crippen molar-refractivity contribution in [1.29, 1.82) is 0 Å². The largest absolute Gasteiger partial charge is 0.295 e. The standard InChI is InChI=1S/C36H32N2O2/c1-23(2)27-16-14-26(15-17-27)22-31-32-33(28-8-6-5-7-9-28)37(29-18-10-24(3)11-19-29)36(40)34(32)38(35(31)39)30-20-12-25(4)13-21-30/h5-23,33H,1-4H3/b31-22-/t33-/m1/s1. The normalized spacial score (nSPS) is 17.9. The number of amides is 2. The van der Waals surface area contributed by atoms with Crippen molar-refractivity contribution in [1.82, 2.24) is 0 Å². The molecule has 0 aromatic heterocycles. The molecule has 4 nitrogen and oxygen atoms in total. The van der Waals surface area contributed by atoms with Crippen LogP contribution in [0.15, 0.2) is 120 Å². The smallest absolute Gasteiger partial charge is 0.276 e. The van der Waals surface area contributed by atoms with E-state index in [0.29, 0.717) is 22.9 Å². The molecule has 4 aromatic rings. The first-order valence-corrected chi connectivity index (χ1v) is 13.8. The van der Waals surface area contributed by atoms with Crippen LogP contribution in [0.25, 0.3) is 6.08 Å². The lowest BCUT2D eigenvalue weighted by Crippen LogP contribution is -2.38. The Morgan fingerprint density at radius 1 is 0.675 bits per heavy atom. The number of carbonyl (C=O) groups is 2. The van der Waals surface area contributed by atoms with E-state index in [1.807, 2.05) is 104 Å². The van der Waals surface area contributed by atoms with Crippen LogP contribution in [-0.4, -0.2) is 11.8 Å². The number of benzene rings is 4. The van der Waals surface area contributed by atoms with Crippen LogP contribution in [0.2, 0.25) is 0 Å². The van der Waals surface area contributed by atoms with E-state index in [2.05, 4.69) is 38.1 Å². The van der Waals surface area contributed by atoms with Gasteiger partial charge in [-0.3, -0.25) is 19.4 Å². The maximum atomic E-state index is 14.4. The average Bonchev–Trinajstić information content (AvgIpc) is 3.41. The zero-order valence-corrected chi connectivity index (χ0v) is 23.3. The fourth-order valence-electron chi connectivity index (χ4n) is 5.58. The number of hydrogen-bond acceptors (Lipinski definition) is 2. The van der Waals surface area contributed by atoms with Crippen molar-refractivity contribution >= 4 is 29.3 Å². The molecule has 0 fully saturated rings. The number of anilines is 2. The molecule has 198 valence electrons. The molecule has 0 saturated carbocycles. The van der Waals surface area contributed by atoms with Gasteiger partial charge in [-0.1, -0.05) is 104 Å². The molecular weight excluding hydrogens is 492 g/mol. The number of rotatable bonds is 5. The lowest BCUT2D eigenvalue weighted by molar-refractivity contribution is -0.118. The van der Waals surface area contributed by atoms with E-state index in [0.717, 1.165) is 33.5 Å². The SMILES string of the molecule is Cc1ccc(N2C(=O)/C(=C\c3ccc(C(C)C)cc3)C3=C2C(=O)N(c2ccc(C)cc2)[C@@H]3c2ccccc2)cc1. The molecule has 40 heavy (non-hydrogen) atoms. The highest BCUT2D eigenvalue weighted by Gasteiger charge is 2.52. The quantitative estimate of drug-likeness (QED) is 0.249. The van der Waals surface area contributed by atoms with Crippen molar-refractivity contribution in [2.75, 3.05) is 9.80 Å². The fraction of sp³-hybridized carbons (Fsp3) is 0.167. The second-order valence-corrected chi connectivity index (χ2v) is 10.9. The third-order valence-corrected chi connectivity index (χ3v) is 7.79. The minimum Gasteiger partial charge on any atom is -0.295 e. The van der Waals surface area contributed by atoms with E-state index >= 15 is 0 Å². The Kier molecular flexibility index (Phi) is 6.47. The zero-order valence-electron chi connectivity index (χ0n) is 23.3. The van der Waals surface area contributed by atoms with Crippen molar-refractivity contribution in [2.45, 2.75) is 39.7 Å². The third kappa shape index (κ3) is 4.36. The number of nitrogens with zero attached hydrogens (tertiary/aromatic N) is 2. The first-order chi connectivity index (χ1) is 19.3. The van der Waals surface area contributed by atoms with Crippen LogP contribution >= 0.6 is 0 Å². The summed E-state index contributed by atoms with van der Waals surface area (Å²) in [6.45, 7) is 8.38. The molecule has 2 amide bonds. The Morgan fingerprint density at radius 3 is 1.82 bits per heavy atom. The van der Waals surface area contributed by atoms with Gasteiger partial charge in [0.1, 0.15) is 5.70 Å². The Hall–Kier alpha value is -4.70. The van der Waals surface area contributed by atoms with E-state index in [9.17, 15) is 9.59 Å². The van der Waals surface area contributed by atoms with Gasteiger partial charge < -0.3 is 0 Å². The molecule has 1 atom stereocenters. The lowest BCUT2D eigenvalue weighted by atomic mass is 9.92. The summed E-state index contributed by atoms with van der Waals surface area (Å²) < 4.78 is 0. The van der Waals surface area contributed by atoms with E-state index < -0.39 is 6.04 Å². The van der Waals surface area contributed by atoms with Crippen molar-refractivity contribution in [3.63, 3.8) is 0 Å². The zero-order chi connectivity index (χ0) is 28.0. The molecule has 4 aromatic carbocycles. The lowest BCUT2D eigenvalue weighted by Gasteiger charge is -2.30. The number of hydrogen-bond donors (Lipinski definition) is 0. The second-order valence-electron chi connectivity index (χ2n) is 10.9. The molecule has 0 unspecified atom stereocenters. The molecule has 2 heterocycles. The van der Waals surface area contributed by atoms with Crippen LogP contribution in [0.5, 0.6) is 0 Å². The van der Waals surface area contributed by atoms with E-state index in [-0.39, 0.29) is 11.8 Å². The minimum absolute atomic E-state index is 0.180. The molecule has 4 heteroatoms. The summed E-state index contributed by atoms with van der Waals surface area (Å²) in [5.74, 6) is 0.0546. The van der Waals surface area contributed by atoms with Crippen molar-refractivity contribution < 1.29 is 9.59 Å². The Balaban J connectivity index is 1.58. The average molecular weight is 525 g/mol. The molecule has 2 aliphatic heterocycles. The summed E-state index contributed by atoms with van der Waals surface area (Å²) in [5, 5.41) is 0. The van der Waals surface area contributed by atoms with Gasteiger partial charge in [0.2, 0.25) is 0 Å². The van der Waals surface area contributed by atoms with Crippen molar-refractivity contribution in [3.8, 4) is 0 Å². The molecule has 6 rings (SSSR count). The molecule has 0 bridgehead atoms. The van der Waals surface area contributed by atoms with Gasteiger partial charge in [-0.25, -0.2) is 0 Å². The first kappa shape index (κ1) is 25.6. The molecule has 0 radical (unpaired) electrons. The van der Waals surface area contributed by atoms with Gasteiger partial charge in [0, 0.05) is 22.5 Å². The highest BCUT2D eigenvalue weighted by Crippen LogP contribution is 2.50. The van der Waals surface area contributed by atoms with Crippen LogP contribution in [0.3, 0.4) is 0 Å². The van der Waals surface area contributed by atoms with Crippen molar-refractivity contribution in [3.05, 3.63) is 148 Å². The van der Waals surface area contributed by atoms with Crippen LogP contribution in [-0.2, 0) is 9.59 Å². The summed E-state index contributed by atoms with van der Waals surface area (Å²) in [6, 6.07) is 33.7. The predicted octanol–water partition coefficient (Wildman–Crippen LogP) is 7.90. The fourth-order valence-corrected chi connectivity index (χ4v) is 5.58. The van der Waals surface area contributed by atoms with Gasteiger partial charge in [0.25, 0.3) is 11.8 Å². The van der Waals surface area contributed by atoms with Crippen molar-refractivity contribution in [2.24, 2.45) is 0 Å². The third-order valence-electron chi connectivity index (χ3n) is 7.79. The molecule has 0 spiro atoms. The topological polar surface area (TPSA) is 40.6 Å². The highest BCUT2D eigenvalue weighted by atomic mass is 16.2. The number of carbonyl (C=O) groups excluding carboxylic acids is 2. The van der Waals surface area contributed by atoms with Crippen LogP contribution in [0.1, 0.15) is 53.6 Å². The Labute approximate surface area is 235 Å². The summed E-state index contributed by atoms with van der Waals surface area (Å²) in [5.41, 5.74) is 8.54. The predicted molar refractivity (Wildman–Crippen MR) is 162 cm³/mol. The van der Waals surface area contributed by atoms with E-state index in [1.165, 1.54) is 5.56 Å². The van der Waals surface area contributed by atoms with Gasteiger partial charge in [0.05, 0.1) is 6.04 Å². The molecule has 0 saturated heterocycles. The van der Waals surface area contributed by atoms with E-state index in [1.54, 1.807) is 4.90 Å². The molecule has 2 aliphatic rings. The Bertz CT molecular complexity index is 1650. The van der Waals surface area contributed by atoms with Crippen LogP contribution < -0.4 is 9.80 Å². The summed E-state index contributed by atoms with van der Waals surface area (Å²) in [7, 11) is 0. The summed E-state index contributed by atoms with van der Waals surface area (Å²) in [4.78, 5) is 32.1. The molecular formula is C36H32N2O2. The highest BCUT2D eigenvalue weighted by molar-refractivity contribution is 6.29. The van der Waals surface area contributed by atoms with Gasteiger partial charge >= 0.3 is 0 Å². The van der Waals surface area contributed by atoms with Gasteiger partial charge in [-0.05, 0) is 66.8 Å². The maximum absolute atomic E-state index is 14.4. The van der Waals surface area contributed by atoms with Gasteiger partial charge in [-0.15, -0.1) is 0 Å². The minimum atomic E-state index is -0.438. The number of aryl methyl sites for hydroxylation is 2. The van der Waals surface area contributed by atoms with Crippen LogP contribution in [0.4, 0.5) is 11.4 Å². The first-order valence-electron chi connectivity index (χ1n) is 13.8. The summed E-state index contributed by atoms with van der Waals surface area (Å²) in [6.07, 6.45) is 1.94. The second kappa shape index (κ2) is 10.1. The Morgan fingerprint density at radius 2 is 1.25 bits per heavy atom. The van der Waals surface area contributed by atoms with Gasteiger partial charge in [-0.2, -0.15) is 0 Å². The van der Waals surface area contributed by atoms with Crippen LogP contribution in [0, 0.1) is 13.8 Å².